The lowest BCUT2D eigenvalue weighted by atomic mass is 10.3. The van der Waals surface area contributed by atoms with E-state index < -0.39 is 0 Å². The first-order valence-corrected chi connectivity index (χ1v) is 7.37. The summed E-state index contributed by atoms with van der Waals surface area (Å²) in [6.45, 7) is 0.847. The van der Waals surface area contributed by atoms with Crippen molar-refractivity contribution in [3.05, 3.63) is 58.6 Å². The van der Waals surface area contributed by atoms with Crippen LogP contribution in [0.5, 0.6) is 0 Å². The van der Waals surface area contributed by atoms with E-state index in [-0.39, 0.29) is 0 Å². The van der Waals surface area contributed by atoms with Crippen LogP contribution in [0.3, 0.4) is 0 Å². The second kappa shape index (κ2) is 6.93. The number of nitrogens with one attached hydrogen (secondary N) is 1. The molecule has 0 aliphatic rings. The molecule has 2 aromatic carbocycles. The van der Waals surface area contributed by atoms with Crippen LogP contribution in [0, 0.1) is 0 Å². The third kappa shape index (κ3) is 3.84. The molecule has 0 aliphatic carbocycles. The molecule has 0 bridgehead atoms. The lowest BCUT2D eigenvalue weighted by molar-refractivity contribution is 1.22. The topological polar surface area (TPSA) is 12.0 Å². The zero-order valence-corrected chi connectivity index (χ0v) is 12.0. The van der Waals surface area contributed by atoms with Crippen LogP contribution < -0.4 is 5.32 Å². The Hall–Kier alpha value is -0.830. The largest absolute Gasteiger partial charge is 0.383 e. The fourth-order valence-corrected chi connectivity index (χ4v) is 2.82. The minimum absolute atomic E-state index is 0.750. The maximum absolute atomic E-state index is 6.08. The van der Waals surface area contributed by atoms with Crippen LogP contribution in [-0.2, 0) is 0 Å². The molecule has 1 nitrogen and oxygen atoms in total. The predicted molar refractivity (Wildman–Crippen MR) is 82.1 cm³/mol. The SMILES string of the molecule is Clc1ccccc1NCCSc1ccccc1Cl. The maximum atomic E-state index is 6.08. The maximum Gasteiger partial charge on any atom is 0.0637 e. The van der Waals surface area contributed by atoms with Gasteiger partial charge >= 0.3 is 0 Å². The number of anilines is 1. The highest BCUT2D eigenvalue weighted by Crippen LogP contribution is 2.26. The van der Waals surface area contributed by atoms with E-state index in [1.54, 1.807) is 11.8 Å². The number of rotatable bonds is 5. The molecule has 0 saturated carbocycles. The second-order valence-electron chi connectivity index (χ2n) is 3.69. The van der Waals surface area contributed by atoms with Crippen molar-refractivity contribution in [3.8, 4) is 0 Å². The molecule has 0 amide bonds. The predicted octanol–water partition coefficient (Wildman–Crippen LogP) is 5.20. The first-order valence-electron chi connectivity index (χ1n) is 5.63. The van der Waals surface area contributed by atoms with Gasteiger partial charge in [0, 0.05) is 17.2 Å². The van der Waals surface area contributed by atoms with Gasteiger partial charge in [0.15, 0.2) is 0 Å². The van der Waals surface area contributed by atoms with E-state index in [4.69, 9.17) is 23.2 Å². The first kappa shape index (κ1) is 13.6. The van der Waals surface area contributed by atoms with Gasteiger partial charge in [0.25, 0.3) is 0 Å². The zero-order chi connectivity index (χ0) is 12.8. The van der Waals surface area contributed by atoms with Crippen molar-refractivity contribution < 1.29 is 0 Å². The Morgan fingerprint density at radius 1 is 0.889 bits per heavy atom. The van der Waals surface area contributed by atoms with Crippen molar-refractivity contribution in [1.29, 1.82) is 0 Å². The van der Waals surface area contributed by atoms with E-state index >= 15 is 0 Å². The minimum atomic E-state index is 0.750. The Labute approximate surface area is 121 Å². The van der Waals surface area contributed by atoms with Gasteiger partial charge in [-0.15, -0.1) is 11.8 Å². The summed E-state index contributed by atoms with van der Waals surface area (Å²) < 4.78 is 0. The highest BCUT2D eigenvalue weighted by Gasteiger charge is 2.00. The molecule has 0 atom stereocenters. The van der Waals surface area contributed by atoms with Crippen LogP contribution in [-0.4, -0.2) is 12.3 Å². The van der Waals surface area contributed by atoms with Crippen LogP contribution in [0.1, 0.15) is 0 Å². The second-order valence-corrected chi connectivity index (χ2v) is 5.64. The molecule has 4 heteroatoms. The van der Waals surface area contributed by atoms with Gasteiger partial charge in [-0.1, -0.05) is 47.5 Å². The molecule has 1 N–H and O–H groups in total. The van der Waals surface area contributed by atoms with Gasteiger partial charge in [-0.3, -0.25) is 0 Å². The molecule has 0 heterocycles. The average Bonchev–Trinajstić information content (AvgIpc) is 2.38. The summed E-state index contributed by atoms with van der Waals surface area (Å²) in [5.41, 5.74) is 0.971. The molecule has 0 saturated heterocycles. The molecule has 94 valence electrons. The van der Waals surface area contributed by atoms with Crippen LogP contribution in [0.2, 0.25) is 10.0 Å². The summed E-state index contributed by atoms with van der Waals surface area (Å²) in [4.78, 5) is 1.11. The summed E-state index contributed by atoms with van der Waals surface area (Å²) in [6.07, 6.45) is 0. The molecular formula is C14H13Cl2NS. The molecule has 0 fully saturated rings. The van der Waals surface area contributed by atoms with Gasteiger partial charge in [0.1, 0.15) is 0 Å². The zero-order valence-electron chi connectivity index (χ0n) is 9.70. The number of para-hydroxylation sites is 1. The van der Waals surface area contributed by atoms with E-state index in [2.05, 4.69) is 5.32 Å². The summed E-state index contributed by atoms with van der Waals surface area (Å²) in [7, 11) is 0. The number of hydrogen-bond acceptors (Lipinski definition) is 2. The minimum Gasteiger partial charge on any atom is -0.383 e. The molecule has 0 aliphatic heterocycles. The Balaban J connectivity index is 1.80. The van der Waals surface area contributed by atoms with E-state index in [0.717, 1.165) is 32.9 Å². The van der Waals surface area contributed by atoms with Gasteiger partial charge in [0.2, 0.25) is 0 Å². The van der Waals surface area contributed by atoms with Crippen molar-refractivity contribution in [2.24, 2.45) is 0 Å². The summed E-state index contributed by atoms with van der Waals surface area (Å²) in [6, 6.07) is 15.6. The van der Waals surface area contributed by atoms with Gasteiger partial charge in [0.05, 0.1) is 15.7 Å². The van der Waals surface area contributed by atoms with E-state index in [0.29, 0.717) is 0 Å². The van der Waals surface area contributed by atoms with Crippen LogP contribution in [0.15, 0.2) is 53.4 Å². The molecular weight excluding hydrogens is 285 g/mol. The number of benzene rings is 2. The van der Waals surface area contributed by atoms with Gasteiger partial charge in [-0.2, -0.15) is 0 Å². The van der Waals surface area contributed by atoms with Crippen LogP contribution in [0.4, 0.5) is 5.69 Å². The molecule has 18 heavy (non-hydrogen) atoms. The van der Waals surface area contributed by atoms with Crippen molar-refractivity contribution in [2.45, 2.75) is 4.90 Å². The van der Waals surface area contributed by atoms with E-state index in [1.807, 2.05) is 48.5 Å². The van der Waals surface area contributed by atoms with Crippen LogP contribution in [0.25, 0.3) is 0 Å². The lowest BCUT2D eigenvalue weighted by Gasteiger charge is -2.08. The van der Waals surface area contributed by atoms with Gasteiger partial charge in [-0.25, -0.2) is 0 Å². The van der Waals surface area contributed by atoms with Crippen molar-refractivity contribution >= 4 is 40.7 Å². The van der Waals surface area contributed by atoms with E-state index in [1.165, 1.54) is 0 Å². The summed E-state index contributed by atoms with van der Waals surface area (Å²) >= 11 is 13.9. The highest BCUT2D eigenvalue weighted by atomic mass is 35.5. The monoisotopic (exact) mass is 297 g/mol. The smallest absolute Gasteiger partial charge is 0.0637 e. The normalized spacial score (nSPS) is 10.3. The number of hydrogen-bond donors (Lipinski definition) is 1. The molecule has 2 aromatic rings. The Morgan fingerprint density at radius 3 is 2.28 bits per heavy atom. The number of halogens is 2. The third-order valence-corrected chi connectivity index (χ3v) is 4.23. The summed E-state index contributed by atoms with van der Waals surface area (Å²) in [5.74, 6) is 0.939. The van der Waals surface area contributed by atoms with Crippen molar-refractivity contribution in [1.82, 2.24) is 0 Å². The van der Waals surface area contributed by atoms with Gasteiger partial charge in [-0.05, 0) is 24.3 Å². The Bertz CT molecular complexity index is 469. The molecule has 0 aromatic heterocycles. The molecule has 0 spiro atoms. The first-order chi connectivity index (χ1) is 8.77. The standard InChI is InChI=1S/C14H13Cl2NS/c15-11-5-1-3-7-13(11)17-9-10-18-14-8-4-2-6-12(14)16/h1-8,17H,9-10H2. The Morgan fingerprint density at radius 2 is 1.56 bits per heavy atom. The highest BCUT2D eigenvalue weighted by molar-refractivity contribution is 7.99. The lowest BCUT2D eigenvalue weighted by Crippen LogP contribution is -2.04. The number of thioether (sulfide) groups is 1. The Kier molecular flexibility index (Phi) is 5.24. The van der Waals surface area contributed by atoms with E-state index in [9.17, 15) is 0 Å². The molecule has 2 rings (SSSR count). The fraction of sp³-hybridized carbons (Fsp3) is 0.143. The quantitative estimate of drug-likeness (QED) is 0.601. The summed E-state index contributed by atoms with van der Waals surface area (Å²) in [5, 5.41) is 4.86. The molecule has 0 radical (unpaired) electrons. The third-order valence-electron chi connectivity index (χ3n) is 2.39. The molecule has 0 unspecified atom stereocenters. The van der Waals surface area contributed by atoms with Crippen molar-refractivity contribution in [2.75, 3.05) is 17.6 Å². The fourth-order valence-electron chi connectivity index (χ4n) is 1.51. The van der Waals surface area contributed by atoms with Crippen molar-refractivity contribution in [3.63, 3.8) is 0 Å². The van der Waals surface area contributed by atoms with Gasteiger partial charge < -0.3 is 5.32 Å². The average molecular weight is 298 g/mol. The van der Waals surface area contributed by atoms with Crippen LogP contribution >= 0.6 is 35.0 Å².